The van der Waals surface area contributed by atoms with E-state index in [0.29, 0.717) is 10.7 Å². The summed E-state index contributed by atoms with van der Waals surface area (Å²) in [6.45, 7) is 3.45. The maximum Gasteiger partial charge on any atom is 0.444 e. The lowest BCUT2D eigenvalue weighted by Crippen LogP contribution is -2.31. The number of thiocarbonyl (C=S) groups is 1. The molecule has 0 aliphatic rings. The molecule has 1 atom stereocenters. The number of para-hydroxylation sites is 1. The van der Waals surface area contributed by atoms with Gasteiger partial charge in [0.1, 0.15) is 10.7 Å². The summed E-state index contributed by atoms with van der Waals surface area (Å²) in [5, 5.41) is 0. The van der Waals surface area contributed by atoms with Crippen LogP contribution in [0.5, 0.6) is 5.75 Å². The van der Waals surface area contributed by atoms with Crippen LogP contribution < -0.4 is 10.0 Å². The number of carbonyl (C=O) groups excluding carboxylic acids is 1. The van der Waals surface area contributed by atoms with Gasteiger partial charge in [-0.1, -0.05) is 30.4 Å². The average Bonchev–Trinajstić information content (AvgIpc) is 2.45. The van der Waals surface area contributed by atoms with Gasteiger partial charge in [0.05, 0.1) is 12.1 Å². The molecule has 10 heteroatoms. The predicted molar refractivity (Wildman–Crippen MR) is 98.3 cm³/mol. The minimum atomic E-state index is -2.30. The van der Waals surface area contributed by atoms with Gasteiger partial charge in [-0.2, -0.15) is 4.08 Å². The standard InChI is InChI=1S/C12H18N3O3PS3/c1-10(20)13-17-12(16)14(2)22-15(3)19(4,21)18-11-8-6-5-7-9-11/h5-9H,1-4H3,(H,13,20). The zero-order valence-electron chi connectivity index (χ0n) is 12.7. The van der Waals surface area contributed by atoms with Crippen LogP contribution in [0.25, 0.3) is 0 Å². The summed E-state index contributed by atoms with van der Waals surface area (Å²) >= 11 is 11.4. The zero-order valence-corrected chi connectivity index (χ0v) is 16.0. The maximum absolute atomic E-state index is 11.7. The first kappa shape index (κ1) is 19.2. The van der Waals surface area contributed by atoms with Crippen molar-refractivity contribution in [3.8, 4) is 5.75 Å². The van der Waals surface area contributed by atoms with Gasteiger partial charge < -0.3 is 9.36 Å². The van der Waals surface area contributed by atoms with E-state index in [2.05, 4.69) is 5.48 Å². The second kappa shape index (κ2) is 8.69. The molecular weight excluding hydrogens is 361 g/mol. The summed E-state index contributed by atoms with van der Waals surface area (Å²) in [5.41, 5.74) is 2.34. The molecule has 0 aliphatic heterocycles. The van der Waals surface area contributed by atoms with Crippen LogP contribution in [-0.4, -0.2) is 40.2 Å². The highest BCUT2D eigenvalue weighted by molar-refractivity contribution is 8.16. The van der Waals surface area contributed by atoms with E-state index in [1.165, 1.54) is 4.31 Å². The molecule has 0 bridgehead atoms. The van der Waals surface area contributed by atoms with Gasteiger partial charge in [-0.3, -0.25) is 0 Å². The van der Waals surface area contributed by atoms with Crippen LogP contribution in [0, 0.1) is 0 Å². The van der Waals surface area contributed by atoms with Crippen molar-refractivity contribution in [2.24, 2.45) is 0 Å². The molecule has 0 radical (unpaired) electrons. The number of benzene rings is 1. The van der Waals surface area contributed by atoms with Crippen molar-refractivity contribution in [1.29, 1.82) is 0 Å². The number of nitrogens with one attached hydrogen (secondary N) is 1. The van der Waals surface area contributed by atoms with Gasteiger partial charge in [-0.15, -0.1) is 0 Å². The minimum Gasteiger partial charge on any atom is -0.453 e. The Hall–Kier alpha value is -0.860. The molecule has 0 heterocycles. The van der Waals surface area contributed by atoms with E-state index >= 15 is 0 Å². The third-order valence-corrected chi connectivity index (χ3v) is 7.02. The molecule has 1 aromatic carbocycles. The third kappa shape index (κ3) is 6.50. The van der Waals surface area contributed by atoms with Crippen molar-refractivity contribution in [1.82, 2.24) is 13.9 Å². The van der Waals surface area contributed by atoms with Crippen molar-refractivity contribution < 1.29 is 14.2 Å². The van der Waals surface area contributed by atoms with Crippen LogP contribution in [0.15, 0.2) is 30.3 Å². The fourth-order valence-corrected chi connectivity index (χ4v) is 3.80. The van der Waals surface area contributed by atoms with Crippen molar-refractivity contribution >= 4 is 53.7 Å². The largest absolute Gasteiger partial charge is 0.453 e. The van der Waals surface area contributed by atoms with Crippen molar-refractivity contribution in [3.05, 3.63) is 30.3 Å². The van der Waals surface area contributed by atoms with Gasteiger partial charge >= 0.3 is 6.09 Å². The van der Waals surface area contributed by atoms with Crippen LogP contribution in [-0.2, 0) is 16.6 Å². The van der Waals surface area contributed by atoms with E-state index in [9.17, 15) is 4.79 Å². The van der Waals surface area contributed by atoms with E-state index in [-0.39, 0.29) is 0 Å². The Labute approximate surface area is 145 Å². The first-order chi connectivity index (χ1) is 10.2. The fraction of sp³-hybridized carbons (Fsp3) is 0.333. The molecule has 1 aromatic rings. The number of hydrogen-bond acceptors (Lipinski definition) is 6. The van der Waals surface area contributed by atoms with Gasteiger partial charge in [0, 0.05) is 20.8 Å². The molecule has 22 heavy (non-hydrogen) atoms. The van der Waals surface area contributed by atoms with Gasteiger partial charge in [-0.05, 0) is 30.9 Å². The molecule has 6 nitrogen and oxygen atoms in total. The normalized spacial score (nSPS) is 13.1. The van der Waals surface area contributed by atoms with Crippen LogP contribution in [0.3, 0.4) is 0 Å². The monoisotopic (exact) mass is 379 g/mol. The zero-order chi connectivity index (χ0) is 16.8. The van der Waals surface area contributed by atoms with E-state index in [0.717, 1.165) is 12.1 Å². The molecule has 0 aromatic heterocycles. The highest BCUT2D eigenvalue weighted by Gasteiger charge is 2.24. The fourth-order valence-electron chi connectivity index (χ4n) is 1.19. The van der Waals surface area contributed by atoms with Crippen molar-refractivity contribution in [2.45, 2.75) is 6.92 Å². The van der Waals surface area contributed by atoms with Crippen LogP contribution in [0.2, 0.25) is 0 Å². The van der Waals surface area contributed by atoms with Gasteiger partial charge in [0.2, 0.25) is 0 Å². The highest BCUT2D eigenvalue weighted by Crippen LogP contribution is 2.50. The van der Waals surface area contributed by atoms with Crippen molar-refractivity contribution in [3.63, 3.8) is 0 Å². The number of carbonyl (C=O) groups is 1. The molecule has 122 valence electrons. The van der Waals surface area contributed by atoms with E-state index in [1.54, 1.807) is 25.1 Å². The highest BCUT2D eigenvalue weighted by atomic mass is 32.5. The van der Waals surface area contributed by atoms with Crippen LogP contribution in [0.1, 0.15) is 6.92 Å². The molecule has 1 amide bonds. The third-order valence-electron chi connectivity index (χ3n) is 2.31. The maximum atomic E-state index is 11.7. The molecule has 1 rings (SSSR count). The Bertz CT molecular complexity index is 573. The van der Waals surface area contributed by atoms with Crippen molar-refractivity contribution in [2.75, 3.05) is 20.8 Å². The lowest BCUT2D eigenvalue weighted by atomic mass is 10.3. The van der Waals surface area contributed by atoms with Gasteiger partial charge in [-0.25, -0.2) is 14.6 Å². The molecule has 1 unspecified atom stereocenters. The number of rotatable bonds is 5. The smallest absolute Gasteiger partial charge is 0.444 e. The summed E-state index contributed by atoms with van der Waals surface area (Å²) in [5.74, 6) is 0.698. The number of hydrogen-bond donors (Lipinski definition) is 1. The molecule has 0 fully saturated rings. The number of amides is 1. The van der Waals surface area contributed by atoms with Crippen LogP contribution >= 0.6 is 30.8 Å². The Morgan fingerprint density at radius 3 is 2.45 bits per heavy atom. The SMILES string of the molecule is CC(=S)NOC(=O)N(C)SN(C)P(C)(=S)Oc1ccccc1. The molecule has 0 saturated carbocycles. The topological polar surface area (TPSA) is 54.0 Å². The lowest BCUT2D eigenvalue weighted by molar-refractivity contribution is 0.107. The Kier molecular flexibility index (Phi) is 7.58. The minimum absolute atomic E-state index is 0.369. The van der Waals surface area contributed by atoms with Crippen LogP contribution in [0.4, 0.5) is 4.79 Å². The molecule has 0 saturated heterocycles. The number of nitrogens with zero attached hydrogens (tertiary/aromatic N) is 2. The summed E-state index contributed by atoms with van der Waals surface area (Å²) in [7, 11) is 3.35. The molecule has 0 spiro atoms. The number of hydroxylamine groups is 1. The van der Waals surface area contributed by atoms with E-state index in [1.807, 2.05) is 37.0 Å². The first-order valence-corrected chi connectivity index (χ1v) is 10.4. The van der Waals surface area contributed by atoms with E-state index in [4.69, 9.17) is 33.4 Å². The molecular formula is C12H18N3O3PS3. The predicted octanol–water partition coefficient (Wildman–Crippen LogP) is 3.42. The summed E-state index contributed by atoms with van der Waals surface area (Å²) in [6.07, 6.45) is -2.89. The molecule has 1 N–H and O–H groups in total. The Morgan fingerprint density at radius 2 is 1.91 bits per heavy atom. The summed E-state index contributed by atoms with van der Waals surface area (Å²) < 4.78 is 8.89. The first-order valence-electron chi connectivity index (χ1n) is 6.18. The van der Waals surface area contributed by atoms with Gasteiger partial charge in [0.15, 0.2) is 6.42 Å². The summed E-state index contributed by atoms with van der Waals surface area (Å²) in [4.78, 5) is 16.9. The van der Waals surface area contributed by atoms with Gasteiger partial charge in [0.25, 0.3) is 0 Å². The van der Waals surface area contributed by atoms with E-state index < -0.39 is 12.5 Å². The lowest BCUT2D eigenvalue weighted by Gasteiger charge is -2.29. The Morgan fingerprint density at radius 1 is 1.32 bits per heavy atom. The average molecular weight is 379 g/mol. The summed E-state index contributed by atoms with van der Waals surface area (Å²) in [6, 6.07) is 9.33. The quantitative estimate of drug-likeness (QED) is 0.362. The Balaban J connectivity index is 2.58. The second-order valence-electron chi connectivity index (χ2n) is 4.28. The second-order valence-corrected chi connectivity index (χ2v) is 10.8. The molecule has 0 aliphatic carbocycles.